The van der Waals surface area contributed by atoms with E-state index in [1.807, 2.05) is 6.92 Å². The van der Waals surface area contributed by atoms with Gasteiger partial charge in [0.25, 0.3) is 0 Å². The Morgan fingerprint density at radius 1 is 1.57 bits per heavy atom. The summed E-state index contributed by atoms with van der Waals surface area (Å²) < 4.78 is 13.7. The van der Waals surface area contributed by atoms with Crippen molar-refractivity contribution in [3.05, 3.63) is 30.2 Å². The third kappa shape index (κ3) is 1.21. The average molecular weight is 209 g/mol. The minimum Gasteiger partial charge on any atom is -0.260 e. The molecule has 5 heteroatoms. The Balaban J connectivity index is 2.88. The van der Waals surface area contributed by atoms with Gasteiger partial charge in [-0.1, -0.05) is 12.7 Å². The SMILES string of the molecule is C=Cc1c(C)ncc2cnn(SF)c12. The lowest BCUT2D eigenvalue weighted by atomic mass is 10.1. The fourth-order valence-corrected chi connectivity index (χ4v) is 1.76. The fraction of sp³-hybridized carbons (Fsp3) is 0.111. The predicted molar refractivity (Wildman–Crippen MR) is 56.5 cm³/mol. The number of hydrogen-bond acceptors (Lipinski definition) is 3. The van der Waals surface area contributed by atoms with Crippen molar-refractivity contribution >= 4 is 29.3 Å². The van der Waals surface area contributed by atoms with E-state index in [4.69, 9.17) is 0 Å². The van der Waals surface area contributed by atoms with E-state index in [9.17, 15) is 3.89 Å². The number of pyridine rings is 1. The van der Waals surface area contributed by atoms with Crippen molar-refractivity contribution in [1.29, 1.82) is 0 Å². The summed E-state index contributed by atoms with van der Waals surface area (Å²) >= 11 is 0.0732. The molecule has 0 aliphatic carbocycles. The highest BCUT2D eigenvalue weighted by molar-refractivity contribution is 7.92. The monoisotopic (exact) mass is 209 g/mol. The van der Waals surface area contributed by atoms with Crippen molar-refractivity contribution in [2.75, 3.05) is 0 Å². The predicted octanol–water partition coefficient (Wildman–Crippen LogP) is 2.76. The normalized spacial score (nSPS) is 10.7. The highest BCUT2D eigenvalue weighted by Gasteiger charge is 2.09. The van der Waals surface area contributed by atoms with Gasteiger partial charge in [-0.3, -0.25) is 4.98 Å². The number of nitrogens with zero attached hydrogens (tertiary/aromatic N) is 3. The van der Waals surface area contributed by atoms with Gasteiger partial charge in [-0.25, -0.2) is 0 Å². The van der Waals surface area contributed by atoms with Gasteiger partial charge in [0, 0.05) is 22.8 Å². The lowest BCUT2D eigenvalue weighted by Gasteiger charge is -2.02. The van der Waals surface area contributed by atoms with Crippen molar-refractivity contribution in [1.82, 2.24) is 14.2 Å². The van der Waals surface area contributed by atoms with Crippen LogP contribution in [0.1, 0.15) is 11.3 Å². The first-order valence-electron chi connectivity index (χ1n) is 4.02. The Morgan fingerprint density at radius 3 is 3.00 bits per heavy atom. The molecule has 0 unspecified atom stereocenters. The van der Waals surface area contributed by atoms with Crippen LogP contribution in [0.15, 0.2) is 19.0 Å². The molecule has 2 rings (SSSR count). The minimum absolute atomic E-state index is 0.0732. The summed E-state index contributed by atoms with van der Waals surface area (Å²) in [6.45, 7) is 5.54. The van der Waals surface area contributed by atoms with E-state index in [2.05, 4.69) is 16.7 Å². The molecule has 0 aliphatic heterocycles. The van der Waals surface area contributed by atoms with Crippen molar-refractivity contribution in [3.8, 4) is 0 Å². The van der Waals surface area contributed by atoms with Crippen LogP contribution < -0.4 is 0 Å². The van der Waals surface area contributed by atoms with Crippen LogP contribution in [0.2, 0.25) is 0 Å². The van der Waals surface area contributed by atoms with Gasteiger partial charge in [0.15, 0.2) is 12.3 Å². The maximum atomic E-state index is 12.5. The first-order chi connectivity index (χ1) is 6.77. The summed E-state index contributed by atoms with van der Waals surface area (Å²) in [5.74, 6) is 0. The molecule has 0 N–H and O–H groups in total. The number of aromatic nitrogens is 3. The molecular weight excluding hydrogens is 201 g/mol. The topological polar surface area (TPSA) is 30.7 Å². The van der Waals surface area contributed by atoms with Gasteiger partial charge in [0.2, 0.25) is 0 Å². The molecule has 0 amide bonds. The maximum absolute atomic E-state index is 12.5. The van der Waals surface area contributed by atoms with Crippen LogP contribution in [0.25, 0.3) is 17.0 Å². The van der Waals surface area contributed by atoms with Crippen LogP contribution in [0.4, 0.5) is 3.89 Å². The number of aryl methyl sites for hydroxylation is 1. The summed E-state index contributed by atoms with van der Waals surface area (Å²) in [5, 5.41) is 4.70. The molecule has 14 heavy (non-hydrogen) atoms. The standard InChI is InChI=1S/C9H8FN3S/c1-3-8-6(2)11-4-7-5-12-13(14-10)9(7)8/h3-5H,1H2,2H3. The Morgan fingerprint density at radius 2 is 2.36 bits per heavy atom. The summed E-state index contributed by atoms with van der Waals surface area (Å²) in [5.41, 5.74) is 2.37. The van der Waals surface area contributed by atoms with E-state index < -0.39 is 0 Å². The molecule has 0 bridgehead atoms. The molecule has 3 nitrogen and oxygen atoms in total. The van der Waals surface area contributed by atoms with E-state index in [1.54, 1.807) is 18.5 Å². The quantitative estimate of drug-likeness (QED) is 0.762. The average Bonchev–Trinajstić information content (AvgIpc) is 2.61. The molecular formula is C9H8FN3S. The van der Waals surface area contributed by atoms with Gasteiger partial charge in [0.05, 0.1) is 11.7 Å². The summed E-state index contributed by atoms with van der Waals surface area (Å²) in [6.07, 6.45) is 4.93. The molecule has 0 radical (unpaired) electrons. The zero-order valence-corrected chi connectivity index (χ0v) is 8.38. The Labute approximate surface area is 85.1 Å². The summed E-state index contributed by atoms with van der Waals surface area (Å²) in [4.78, 5) is 4.17. The van der Waals surface area contributed by atoms with Crippen molar-refractivity contribution in [2.45, 2.75) is 6.92 Å². The lowest BCUT2D eigenvalue weighted by molar-refractivity contribution is 0.888. The smallest absolute Gasteiger partial charge is 0.188 e. The second kappa shape index (κ2) is 3.42. The summed E-state index contributed by atoms with van der Waals surface area (Å²) in [6, 6.07) is 0. The van der Waals surface area contributed by atoms with E-state index in [0.717, 1.165) is 22.2 Å². The number of rotatable bonds is 2. The second-order valence-corrected chi connectivity index (χ2v) is 3.34. The Kier molecular flexibility index (Phi) is 2.25. The molecule has 0 saturated heterocycles. The number of halogens is 1. The Hall–Kier alpha value is -1.36. The van der Waals surface area contributed by atoms with E-state index in [1.165, 1.54) is 4.09 Å². The van der Waals surface area contributed by atoms with Crippen LogP contribution in [0, 0.1) is 6.92 Å². The van der Waals surface area contributed by atoms with E-state index in [0.29, 0.717) is 0 Å². The van der Waals surface area contributed by atoms with Gasteiger partial charge in [-0.2, -0.15) is 9.19 Å². The molecule has 0 spiro atoms. The molecule has 2 aromatic heterocycles. The zero-order valence-electron chi connectivity index (χ0n) is 7.57. The van der Waals surface area contributed by atoms with Gasteiger partial charge < -0.3 is 0 Å². The van der Waals surface area contributed by atoms with Crippen molar-refractivity contribution < 1.29 is 3.89 Å². The number of fused-ring (bicyclic) bond motifs is 1. The van der Waals surface area contributed by atoms with Crippen LogP contribution in [-0.4, -0.2) is 14.2 Å². The van der Waals surface area contributed by atoms with E-state index in [-0.39, 0.29) is 12.3 Å². The first kappa shape index (κ1) is 9.21. The van der Waals surface area contributed by atoms with E-state index >= 15 is 0 Å². The largest absolute Gasteiger partial charge is 0.260 e. The molecule has 0 aromatic carbocycles. The van der Waals surface area contributed by atoms with Crippen LogP contribution in [0.5, 0.6) is 0 Å². The van der Waals surface area contributed by atoms with Gasteiger partial charge >= 0.3 is 0 Å². The molecule has 2 heterocycles. The molecule has 0 saturated carbocycles. The second-order valence-electron chi connectivity index (χ2n) is 2.85. The van der Waals surface area contributed by atoms with Gasteiger partial charge in [-0.15, -0.1) is 3.89 Å². The first-order valence-corrected chi connectivity index (χ1v) is 4.70. The maximum Gasteiger partial charge on any atom is 0.188 e. The third-order valence-corrected chi connectivity index (χ3v) is 2.49. The zero-order chi connectivity index (χ0) is 10.1. The highest BCUT2D eigenvalue weighted by atomic mass is 32.2. The molecule has 72 valence electrons. The van der Waals surface area contributed by atoms with Gasteiger partial charge in [0.1, 0.15) is 0 Å². The lowest BCUT2D eigenvalue weighted by Crippen LogP contribution is -1.92. The highest BCUT2D eigenvalue weighted by Crippen LogP contribution is 2.24. The number of hydrogen-bond donors (Lipinski definition) is 0. The molecule has 0 fully saturated rings. The molecule has 0 atom stereocenters. The molecule has 2 aromatic rings. The van der Waals surface area contributed by atoms with Crippen LogP contribution in [-0.2, 0) is 0 Å². The van der Waals surface area contributed by atoms with Gasteiger partial charge in [-0.05, 0) is 6.92 Å². The van der Waals surface area contributed by atoms with Crippen molar-refractivity contribution in [2.24, 2.45) is 0 Å². The fourth-order valence-electron chi connectivity index (χ4n) is 1.40. The third-order valence-electron chi connectivity index (χ3n) is 2.08. The van der Waals surface area contributed by atoms with Crippen LogP contribution >= 0.6 is 12.3 Å². The van der Waals surface area contributed by atoms with Crippen molar-refractivity contribution in [3.63, 3.8) is 0 Å². The van der Waals surface area contributed by atoms with Crippen LogP contribution in [0.3, 0.4) is 0 Å². The Bertz CT molecular complexity index is 492. The minimum atomic E-state index is 0.0732. The summed E-state index contributed by atoms with van der Waals surface area (Å²) in [7, 11) is 0. The molecule has 0 aliphatic rings.